The van der Waals surface area contributed by atoms with Crippen molar-refractivity contribution in [3.63, 3.8) is 0 Å². The molecule has 0 bridgehead atoms. The molecule has 54 heavy (non-hydrogen) atoms. The highest BCUT2D eigenvalue weighted by Crippen LogP contribution is 2.19. The van der Waals surface area contributed by atoms with Gasteiger partial charge in [-0.3, -0.25) is 33.6 Å². The zero-order chi connectivity index (χ0) is 44.3. The van der Waals surface area contributed by atoms with Crippen molar-refractivity contribution in [3.8, 4) is 0 Å². The van der Waals surface area contributed by atoms with Gasteiger partial charge < -0.3 is 0 Å². The van der Waals surface area contributed by atoms with Crippen molar-refractivity contribution in [2.75, 3.05) is 0 Å². The van der Waals surface area contributed by atoms with Crippen LogP contribution in [0.5, 0.6) is 0 Å². The minimum Gasteiger partial charge on any atom is -0.300 e. The third-order valence-electron chi connectivity index (χ3n) is 6.61. The van der Waals surface area contributed by atoms with Gasteiger partial charge in [0.05, 0.1) is 0 Å². The second-order valence-electron chi connectivity index (χ2n) is 15.9. The molecule has 0 saturated heterocycles. The van der Waals surface area contributed by atoms with Crippen molar-refractivity contribution in [3.05, 3.63) is 0 Å². The quantitative estimate of drug-likeness (QED) is 0.202. The molecule has 0 aromatic rings. The van der Waals surface area contributed by atoms with E-state index in [0.717, 1.165) is 0 Å². The summed E-state index contributed by atoms with van der Waals surface area (Å²) < 4.78 is 48.1. The summed E-state index contributed by atoms with van der Waals surface area (Å²) in [5.74, 6) is -6.97. The van der Waals surface area contributed by atoms with Gasteiger partial charge in [-0.1, -0.05) is 139 Å². The van der Waals surface area contributed by atoms with E-state index in [1.807, 2.05) is 96.9 Å². The Morgan fingerprint density at radius 3 is 0.556 bits per heavy atom. The van der Waals surface area contributed by atoms with Crippen LogP contribution >= 0.6 is 0 Å². The average molecular weight is 791 g/mol. The summed E-state index contributed by atoms with van der Waals surface area (Å²) >= 11 is 0. The fourth-order valence-corrected chi connectivity index (χ4v) is 2.29. The zero-order valence-corrected chi connectivity index (χ0v) is 37.1. The van der Waals surface area contributed by atoms with Crippen LogP contribution in [-0.4, -0.2) is 52.3 Å². The Morgan fingerprint density at radius 1 is 0.389 bits per heavy atom. The van der Waals surface area contributed by atoms with E-state index in [1.54, 1.807) is 20.8 Å². The fraction of sp³-hybridized carbons (Fsp3) is 0.837. The molecule has 0 aliphatic heterocycles. The molecule has 11 heteroatoms. The Balaban J connectivity index is -0.0000000626. The predicted molar refractivity (Wildman–Crippen MR) is 220 cm³/mol. The summed E-state index contributed by atoms with van der Waals surface area (Å²) in [5.41, 5.74) is -0.159. The van der Waals surface area contributed by atoms with Crippen molar-refractivity contribution < 1.29 is 51.1 Å². The number of hydrogen-bond donors (Lipinski definition) is 0. The Labute approximate surface area is 330 Å². The van der Waals surface area contributed by atoms with Gasteiger partial charge >= 0.3 is 11.8 Å². The molecule has 0 N–H and O–H groups in total. The first-order valence-corrected chi connectivity index (χ1v) is 18.1. The number of Topliss-reactive ketones (excluding diaryl/α,β-unsaturated/α-hetero) is 7. The van der Waals surface area contributed by atoms with Crippen LogP contribution in [0.4, 0.5) is 17.6 Å². The summed E-state index contributed by atoms with van der Waals surface area (Å²) in [6.45, 7) is 38.7. The summed E-state index contributed by atoms with van der Waals surface area (Å²) in [4.78, 5) is 72.9. The van der Waals surface area contributed by atoms with Crippen LogP contribution in [0.25, 0.3) is 0 Å². The first-order valence-electron chi connectivity index (χ1n) is 18.1. The molecule has 0 saturated carbocycles. The lowest BCUT2D eigenvalue weighted by molar-refractivity contribution is -0.144. The average Bonchev–Trinajstić information content (AvgIpc) is 2.95. The molecule has 0 rings (SSSR count). The standard InChI is InChI=1S/C8H16O.2C6H10F2O.C6H12O.3C5H10O.2CH4/c1-6(2)7(9)8(3,4)5;2*1-4(2)5(9)6(3,7)8;1-4-6(7)5(2)3;3*1-4(2)5(3)6;;/h6H,1-5H3;2*4H,1-3H3;5H,4H2,1-3H3;3*4H,1-3H3;2*1H4. The van der Waals surface area contributed by atoms with E-state index in [0.29, 0.717) is 31.8 Å². The first kappa shape index (κ1) is 72.6. The van der Waals surface area contributed by atoms with Crippen molar-refractivity contribution in [1.82, 2.24) is 0 Å². The summed E-state index contributed by atoms with van der Waals surface area (Å²) in [6, 6.07) is 0. The number of carbonyl (C=O) groups is 7. The normalized spacial score (nSPS) is 10.5. The molecule has 0 aliphatic rings. The van der Waals surface area contributed by atoms with Gasteiger partial charge in [-0.05, 0) is 20.8 Å². The summed E-state index contributed by atoms with van der Waals surface area (Å²) in [7, 11) is 0. The number of hydrogen-bond acceptors (Lipinski definition) is 7. The monoisotopic (exact) mass is 791 g/mol. The highest BCUT2D eigenvalue weighted by molar-refractivity contribution is 5.87. The van der Waals surface area contributed by atoms with Gasteiger partial charge in [-0.25, -0.2) is 0 Å². The van der Waals surface area contributed by atoms with Gasteiger partial charge in [0, 0.05) is 67.1 Å². The predicted octanol–water partition coefficient (Wildman–Crippen LogP) is 12.6. The maximum Gasteiger partial charge on any atom is 0.302 e. The topological polar surface area (TPSA) is 119 Å². The van der Waals surface area contributed by atoms with Gasteiger partial charge in [0.25, 0.3) is 0 Å². The van der Waals surface area contributed by atoms with Crippen LogP contribution in [0, 0.1) is 46.8 Å². The number of ketones is 7. The van der Waals surface area contributed by atoms with Crippen LogP contribution < -0.4 is 0 Å². The Morgan fingerprint density at radius 2 is 0.556 bits per heavy atom. The van der Waals surface area contributed by atoms with Gasteiger partial charge in [-0.2, -0.15) is 17.6 Å². The smallest absolute Gasteiger partial charge is 0.300 e. The molecule has 328 valence electrons. The maximum atomic E-state index is 12.0. The second-order valence-corrected chi connectivity index (χ2v) is 15.9. The molecule has 0 aliphatic carbocycles. The third-order valence-corrected chi connectivity index (χ3v) is 6.61. The number of alkyl halides is 4. The second kappa shape index (κ2) is 36.1. The lowest BCUT2D eigenvalue weighted by atomic mass is 9.85. The number of carbonyl (C=O) groups excluding carboxylic acids is 7. The largest absolute Gasteiger partial charge is 0.302 e. The Bertz CT molecular complexity index is 908. The molecule has 0 heterocycles. The maximum absolute atomic E-state index is 12.0. The van der Waals surface area contributed by atoms with Crippen LogP contribution in [0.3, 0.4) is 0 Å². The van der Waals surface area contributed by atoms with Crippen molar-refractivity contribution >= 4 is 40.5 Å². The van der Waals surface area contributed by atoms with E-state index in [4.69, 9.17) is 0 Å². The summed E-state index contributed by atoms with van der Waals surface area (Å²) in [5, 5.41) is 0. The van der Waals surface area contributed by atoms with Crippen LogP contribution in [0.1, 0.15) is 181 Å². The molecule has 0 unspecified atom stereocenters. The molecular formula is C43H86F4O7. The molecule has 0 spiro atoms. The fourth-order valence-electron chi connectivity index (χ4n) is 2.29. The van der Waals surface area contributed by atoms with E-state index >= 15 is 0 Å². The highest BCUT2D eigenvalue weighted by Gasteiger charge is 2.34. The third kappa shape index (κ3) is 56.2. The lowest BCUT2D eigenvalue weighted by Crippen LogP contribution is -2.28. The number of rotatable bonds is 10. The van der Waals surface area contributed by atoms with E-state index < -0.39 is 35.2 Å². The minimum absolute atomic E-state index is 0. The Hall–Kier alpha value is -2.59. The minimum atomic E-state index is -3.16. The molecule has 0 aromatic heterocycles. The molecule has 0 aromatic carbocycles. The number of halogens is 4. The van der Waals surface area contributed by atoms with Crippen molar-refractivity contribution in [2.24, 2.45) is 46.8 Å². The van der Waals surface area contributed by atoms with Gasteiger partial charge in [0.15, 0.2) is 0 Å². The van der Waals surface area contributed by atoms with Crippen molar-refractivity contribution in [1.29, 1.82) is 0 Å². The highest BCUT2D eigenvalue weighted by atomic mass is 19.3. The Kier molecular flexibility index (Phi) is 48.5. The van der Waals surface area contributed by atoms with Crippen molar-refractivity contribution in [2.45, 2.75) is 192 Å². The molecule has 0 fully saturated rings. The van der Waals surface area contributed by atoms with E-state index in [9.17, 15) is 51.1 Å². The van der Waals surface area contributed by atoms with E-state index in [1.165, 1.54) is 27.7 Å². The zero-order valence-electron chi connectivity index (χ0n) is 37.1. The first-order chi connectivity index (χ1) is 22.7. The SMILES string of the molecule is C.C.CC(=O)C(C)C.CC(=O)C(C)C.CC(=O)C(C)C.CC(C)C(=O)C(C)(C)C.CC(C)C(=O)C(C)(F)F.CC(C)C(=O)C(C)(F)F.CCC(=O)C(C)C. The lowest BCUT2D eigenvalue weighted by Gasteiger charge is -2.18. The molecule has 0 atom stereocenters. The van der Waals surface area contributed by atoms with Gasteiger partial charge in [-0.15, -0.1) is 0 Å². The van der Waals surface area contributed by atoms with Crippen LogP contribution in [0.15, 0.2) is 0 Å². The van der Waals surface area contributed by atoms with Crippen LogP contribution in [0.2, 0.25) is 0 Å². The summed E-state index contributed by atoms with van der Waals surface area (Å²) in [6.07, 6.45) is 0.678. The molecule has 0 radical (unpaired) electrons. The van der Waals surface area contributed by atoms with Gasteiger partial charge in [0.2, 0.25) is 11.6 Å². The molecular weight excluding hydrogens is 704 g/mol. The van der Waals surface area contributed by atoms with Crippen LogP contribution in [-0.2, 0) is 33.6 Å². The van der Waals surface area contributed by atoms with E-state index in [2.05, 4.69) is 0 Å². The van der Waals surface area contributed by atoms with E-state index in [-0.39, 0.29) is 67.2 Å². The molecule has 7 nitrogen and oxygen atoms in total. The van der Waals surface area contributed by atoms with Gasteiger partial charge in [0.1, 0.15) is 28.9 Å². The molecule has 0 amide bonds.